The zero-order chi connectivity index (χ0) is 10.8. The number of aryl methyl sites for hydroxylation is 1. The molecule has 0 bridgehead atoms. The predicted octanol–water partition coefficient (Wildman–Crippen LogP) is 3.33. The fraction of sp³-hybridized carbons (Fsp3) is 0.636. The Labute approximate surface area is 104 Å². The van der Waals surface area contributed by atoms with Crippen molar-refractivity contribution in [1.82, 2.24) is 0 Å². The van der Waals surface area contributed by atoms with Gasteiger partial charge in [0.05, 0.1) is 6.10 Å². The molecule has 1 nitrogen and oxygen atoms in total. The highest BCUT2D eigenvalue weighted by Crippen LogP contribution is 2.39. The first-order valence-electron chi connectivity index (χ1n) is 5.15. The quantitative estimate of drug-likeness (QED) is 0.881. The Hall–Kier alpha value is 0.360. The first kappa shape index (κ1) is 11.8. The van der Waals surface area contributed by atoms with Crippen molar-refractivity contribution in [3.8, 4) is 0 Å². The number of thiophene rings is 1. The molecule has 0 amide bonds. The van der Waals surface area contributed by atoms with Crippen molar-refractivity contribution in [3.05, 3.63) is 21.9 Å². The second-order valence-electron chi connectivity index (χ2n) is 3.85. The van der Waals surface area contributed by atoms with Crippen LogP contribution in [0.1, 0.15) is 23.5 Å². The van der Waals surface area contributed by atoms with E-state index in [0.29, 0.717) is 10.5 Å². The van der Waals surface area contributed by atoms with Crippen molar-refractivity contribution < 1.29 is 5.11 Å². The summed E-state index contributed by atoms with van der Waals surface area (Å²) in [4.78, 5) is 1.28. The summed E-state index contributed by atoms with van der Waals surface area (Å²) < 4.78 is 0. The molecule has 0 spiro atoms. The Morgan fingerprint density at radius 1 is 1.40 bits per heavy atom. The highest BCUT2D eigenvalue weighted by Gasteiger charge is 2.30. The molecule has 2 heterocycles. The molecule has 0 saturated carbocycles. The molecular formula is C11H16OS3. The number of thioether (sulfide) groups is 2. The maximum absolute atomic E-state index is 10.3. The summed E-state index contributed by atoms with van der Waals surface area (Å²) >= 11 is 5.62. The van der Waals surface area contributed by atoms with Crippen LogP contribution in [0.3, 0.4) is 0 Å². The van der Waals surface area contributed by atoms with Crippen LogP contribution < -0.4 is 0 Å². The van der Waals surface area contributed by atoms with E-state index < -0.39 is 0 Å². The first-order valence-corrected chi connectivity index (χ1v) is 8.12. The number of rotatable bonds is 2. The molecule has 1 aliphatic heterocycles. The molecule has 4 heteroatoms. The molecule has 1 N–H and O–H groups in total. The molecule has 1 aromatic heterocycles. The molecule has 1 saturated heterocycles. The van der Waals surface area contributed by atoms with Gasteiger partial charge in [0.25, 0.3) is 0 Å². The lowest BCUT2D eigenvalue weighted by atomic mass is 10.1. The second kappa shape index (κ2) is 5.13. The third kappa shape index (κ3) is 2.73. The van der Waals surface area contributed by atoms with Crippen molar-refractivity contribution in [2.45, 2.75) is 30.5 Å². The van der Waals surface area contributed by atoms with E-state index in [2.05, 4.69) is 25.3 Å². The highest BCUT2D eigenvalue weighted by molar-refractivity contribution is 8.07. The average Bonchev–Trinajstić information content (AvgIpc) is 2.65. The van der Waals surface area contributed by atoms with Gasteiger partial charge in [-0.15, -0.1) is 11.3 Å². The molecule has 1 fully saturated rings. The Balaban J connectivity index is 2.09. The van der Waals surface area contributed by atoms with Crippen LogP contribution in [-0.2, 0) is 0 Å². The van der Waals surface area contributed by atoms with Crippen LogP contribution in [0, 0.1) is 6.92 Å². The molecule has 1 aromatic rings. The van der Waals surface area contributed by atoms with Gasteiger partial charge >= 0.3 is 0 Å². The Bertz CT molecular complexity index is 323. The zero-order valence-electron chi connectivity index (χ0n) is 8.97. The summed E-state index contributed by atoms with van der Waals surface area (Å²) in [5, 5.41) is 13.3. The van der Waals surface area contributed by atoms with Gasteiger partial charge in [-0.2, -0.15) is 23.5 Å². The van der Waals surface area contributed by atoms with E-state index in [0.717, 1.165) is 5.56 Å². The van der Waals surface area contributed by atoms with Crippen LogP contribution >= 0.6 is 34.9 Å². The van der Waals surface area contributed by atoms with Crippen LogP contribution in [0.15, 0.2) is 11.4 Å². The molecule has 0 aliphatic carbocycles. The van der Waals surface area contributed by atoms with Crippen LogP contribution in [0.4, 0.5) is 0 Å². The van der Waals surface area contributed by atoms with Crippen molar-refractivity contribution in [2.24, 2.45) is 0 Å². The molecule has 3 atom stereocenters. The molecule has 3 unspecified atom stereocenters. The van der Waals surface area contributed by atoms with E-state index in [1.165, 1.54) is 16.4 Å². The lowest BCUT2D eigenvalue weighted by Crippen LogP contribution is -2.29. The van der Waals surface area contributed by atoms with Crippen LogP contribution in [0.25, 0.3) is 0 Å². The van der Waals surface area contributed by atoms with Gasteiger partial charge in [0, 0.05) is 26.9 Å². The van der Waals surface area contributed by atoms with E-state index in [4.69, 9.17) is 0 Å². The largest absolute Gasteiger partial charge is 0.387 e. The fourth-order valence-electron chi connectivity index (χ4n) is 1.80. The summed E-state index contributed by atoms with van der Waals surface area (Å²) in [6, 6.07) is 2.11. The van der Waals surface area contributed by atoms with Crippen LogP contribution in [0.5, 0.6) is 0 Å². The zero-order valence-corrected chi connectivity index (χ0v) is 11.4. The van der Waals surface area contributed by atoms with Gasteiger partial charge in [-0.3, -0.25) is 0 Å². The van der Waals surface area contributed by atoms with E-state index >= 15 is 0 Å². The van der Waals surface area contributed by atoms with E-state index in [1.807, 2.05) is 23.5 Å². The minimum absolute atomic E-state index is 0.289. The summed E-state index contributed by atoms with van der Waals surface area (Å²) in [7, 11) is 0. The normalized spacial score (nSPS) is 29.0. The third-order valence-corrected chi connectivity index (χ3v) is 6.70. The van der Waals surface area contributed by atoms with Crippen LogP contribution in [-0.4, -0.2) is 27.1 Å². The van der Waals surface area contributed by atoms with E-state index in [1.54, 1.807) is 11.3 Å². The molecule has 84 valence electrons. The Morgan fingerprint density at radius 3 is 2.73 bits per heavy atom. The predicted molar refractivity (Wildman–Crippen MR) is 72.2 cm³/mol. The summed E-state index contributed by atoms with van der Waals surface area (Å²) in [6.07, 6.45) is -0.289. The van der Waals surface area contributed by atoms with E-state index in [-0.39, 0.29) is 6.10 Å². The monoisotopic (exact) mass is 260 g/mol. The summed E-state index contributed by atoms with van der Waals surface area (Å²) in [5.74, 6) is 2.39. The topological polar surface area (TPSA) is 20.2 Å². The van der Waals surface area contributed by atoms with Gasteiger partial charge in [-0.05, 0) is 23.9 Å². The van der Waals surface area contributed by atoms with Crippen molar-refractivity contribution in [1.29, 1.82) is 0 Å². The number of aliphatic hydroxyl groups excluding tert-OH is 1. The minimum Gasteiger partial charge on any atom is -0.387 e. The highest BCUT2D eigenvalue weighted by atomic mass is 32.2. The number of aliphatic hydroxyl groups is 1. The summed E-state index contributed by atoms with van der Waals surface area (Å²) in [5.41, 5.74) is 1.10. The molecule has 2 rings (SSSR count). The lowest BCUT2D eigenvalue weighted by molar-refractivity contribution is 0.174. The van der Waals surface area contributed by atoms with Gasteiger partial charge in [0.1, 0.15) is 0 Å². The Morgan fingerprint density at radius 2 is 2.13 bits per heavy atom. The minimum atomic E-state index is -0.289. The fourth-order valence-corrected chi connectivity index (χ4v) is 5.37. The molecule has 0 aromatic carbocycles. The van der Waals surface area contributed by atoms with Gasteiger partial charge in [-0.1, -0.05) is 6.92 Å². The SMILES string of the molecule is Cc1cc(C(O)C2SCCSC2C)cs1. The smallest absolute Gasteiger partial charge is 0.0927 e. The number of hydrogen-bond donors (Lipinski definition) is 1. The first-order chi connectivity index (χ1) is 7.18. The van der Waals surface area contributed by atoms with Gasteiger partial charge < -0.3 is 5.11 Å². The molecule has 0 radical (unpaired) electrons. The average molecular weight is 260 g/mol. The standard InChI is InChI=1S/C11H16OS3/c1-7-5-9(6-15-7)10(12)11-8(2)13-3-4-14-11/h5-6,8,10-12H,3-4H2,1-2H3. The van der Waals surface area contributed by atoms with Crippen LogP contribution in [0.2, 0.25) is 0 Å². The van der Waals surface area contributed by atoms with E-state index in [9.17, 15) is 5.11 Å². The number of hydrogen-bond acceptors (Lipinski definition) is 4. The van der Waals surface area contributed by atoms with Crippen molar-refractivity contribution in [2.75, 3.05) is 11.5 Å². The lowest BCUT2D eigenvalue weighted by Gasteiger charge is -2.31. The van der Waals surface area contributed by atoms with Crippen molar-refractivity contribution in [3.63, 3.8) is 0 Å². The van der Waals surface area contributed by atoms with Crippen molar-refractivity contribution >= 4 is 34.9 Å². The molecular weight excluding hydrogens is 244 g/mol. The molecule has 15 heavy (non-hydrogen) atoms. The van der Waals surface area contributed by atoms with Gasteiger partial charge in [0.2, 0.25) is 0 Å². The summed E-state index contributed by atoms with van der Waals surface area (Å²) in [6.45, 7) is 4.32. The third-order valence-electron chi connectivity index (χ3n) is 2.64. The Kier molecular flexibility index (Phi) is 4.04. The molecule has 1 aliphatic rings. The van der Waals surface area contributed by atoms with Gasteiger partial charge in [0.15, 0.2) is 0 Å². The maximum Gasteiger partial charge on any atom is 0.0927 e. The maximum atomic E-state index is 10.3. The second-order valence-corrected chi connectivity index (χ2v) is 7.73. The van der Waals surface area contributed by atoms with Gasteiger partial charge in [-0.25, -0.2) is 0 Å².